The fourth-order valence-electron chi connectivity index (χ4n) is 7.59. The Labute approximate surface area is 272 Å². The normalized spacial score (nSPS) is 31.4. The van der Waals surface area contributed by atoms with E-state index in [1.807, 2.05) is 0 Å². The van der Waals surface area contributed by atoms with Gasteiger partial charge in [0.15, 0.2) is 0 Å². The summed E-state index contributed by atoms with van der Waals surface area (Å²) in [6, 6.07) is 1.05. The van der Waals surface area contributed by atoms with Crippen LogP contribution in [-0.4, -0.2) is 80.9 Å². The van der Waals surface area contributed by atoms with Gasteiger partial charge in [0.2, 0.25) is 0 Å². The molecule has 4 fully saturated rings. The Hall–Kier alpha value is 1.34. The molecule has 0 spiro atoms. The van der Waals surface area contributed by atoms with E-state index in [0.29, 0.717) is 12.1 Å². The minimum Gasteiger partial charge on any atom is -0.416 e. The van der Waals surface area contributed by atoms with E-state index in [1.165, 1.54) is 57.8 Å². The highest BCUT2D eigenvalue weighted by Gasteiger charge is 2.55. The Kier molecular flexibility index (Phi) is 12.7. The molecule has 4 rings (SSSR count). The van der Waals surface area contributed by atoms with E-state index in [1.54, 1.807) is 0 Å². The molecule has 2 heterocycles. The fourth-order valence-corrected chi connectivity index (χ4v) is 48.9. The molecule has 4 aliphatic rings. The monoisotopic (exact) mass is 744 g/mol. The molecule has 43 heavy (non-hydrogen) atoms. The molecule has 0 radical (unpaired) electrons. The quantitative estimate of drug-likeness (QED) is 0.295. The van der Waals surface area contributed by atoms with Crippen molar-refractivity contribution >= 4 is 68.8 Å². The molecule has 254 valence electrons. The summed E-state index contributed by atoms with van der Waals surface area (Å²) >= 11 is 0. The summed E-state index contributed by atoms with van der Waals surface area (Å²) in [5.74, 6) is 0. The third-order valence-corrected chi connectivity index (χ3v) is 39.3. The lowest BCUT2D eigenvalue weighted by atomic mass is 9.96. The van der Waals surface area contributed by atoms with E-state index in [9.17, 15) is 0 Å². The zero-order valence-corrected chi connectivity index (χ0v) is 37.8. The van der Waals surface area contributed by atoms with Crippen LogP contribution in [0.25, 0.3) is 0 Å². The molecule has 0 unspecified atom stereocenters. The summed E-state index contributed by atoms with van der Waals surface area (Å²) in [5, 5.41) is 0. The zero-order chi connectivity index (χ0) is 32.6. The number of hydrogen-bond acceptors (Lipinski definition) is 10. The molecule has 2 N–H and O–H groups in total. The minimum absolute atomic E-state index is 0.518. The van der Waals surface area contributed by atoms with Crippen LogP contribution in [0.3, 0.4) is 0 Å². The van der Waals surface area contributed by atoms with Gasteiger partial charge in [0.25, 0.3) is 0 Å². The van der Waals surface area contributed by atoms with Crippen molar-refractivity contribution in [3.05, 3.63) is 0 Å². The SMILES string of the molecule is C[Si]1(C)O[Si](C)(C)O[Si](C)(NC2CCCC2)O[Si](C)(C)O1.C[Si]1(C)O[Si](C)(C)O[Si](C)(NC2CCCCC2)O[Si](C)(C)O1. The van der Waals surface area contributed by atoms with E-state index >= 15 is 0 Å². The van der Waals surface area contributed by atoms with Gasteiger partial charge in [-0.15, -0.1) is 0 Å². The Morgan fingerprint density at radius 3 is 0.791 bits per heavy atom. The molecule has 0 amide bonds. The first kappa shape index (κ1) is 38.8. The largest absolute Gasteiger partial charge is 0.416 e. The molecule has 0 aromatic rings. The van der Waals surface area contributed by atoms with Gasteiger partial charge in [-0.1, -0.05) is 32.1 Å². The second-order valence-electron chi connectivity index (χ2n) is 15.7. The number of hydrogen-bond donors (Lipinski definition) is 2. The van der Waals surface area contributed by atoms with Crippen molar-refractivity contribution in [2.45, 2.75) is 162 Å². The van der Waals surface area contributed by atoms with Crippen LogP contribution in [0, 0.1) is 0 Å². The van der Waals surface area contributed by atoms with Crippen LogP contribution in [0.1, 0.15) is 57.8 Å². The molecule has 2 aliphatic heterocycles. The van der Waals surface area contributed by atoms with E-state index < -0.39 is 68.8 Å². The van der Waals surface area contributed by atoms with E-state index in [-0.39, 0.29) is 0 Å². The Balaban J connectivity index is 0.000000236. The summed E-state index contributed by atoms with van der Waals surface area (Å²) < 4.78 is 51.6. The van der Waals surface area contributed by atoms with Crippen molar-refractivity contribution in [3.8, 4) is 0 Å². The smallest absolute Gasteiger partial charge is 0.404 e. The fraction of sp³-hybridized carbons (Fsp3) is 1.00. The maximum atomic E-state index is 6.55. The topological polar surface area (TPSA) is 97.9 Å². The van der Waals surface area contributed by atoms with E-state index in [2.05, 4.69) is 102 Å². The van der Waals surface area contributed by atoms with Gasteiger partial charge in [0.1, 0.15) is 0 Å². The lowest BCUT2D eigenvalue weighted by Crippen LogP contribution is -2.71. The van der Waals surface area contributed by atoms with Gasteiger partial charge in [-0.2, -0.15) is 0 Å². The summed E-state index contributed by atoms with van der Waals surface area (Å²) in [5.41, 5.74) is 0. The van der Waals surface area contributed by atoms with Crippen LogP contribution >= 0.6 is 0 Å². The highest BCUT2D eigenvalue weighted by molar-refractivity contribution is 6.93. The zero-order valence-electron chi connectivity index (χ0n) is 29.8. The van der Waals surface area contributed by atoms with Crippen molar-refractivity contribution in [2.75, 3.05) is 0 Å². The molecule has 2 saturated carbocycles. The Morgan fingerprint density at radius 1 is 0.326 bits per heavy atom. The second-order valence-corrected chi connectivity index (χ2v) is 43.4. The first-order chi connectivity index (χ1) is 19.3. The molecule has 0 bridgehead atoms. The van der Waals surface area contributed by atoms with Crippen molar-refractivity contribution in [1.82, 2.24) is 9.96 Å². The van der Waals surface area contributed by atoms with Crippen LogP contribution in [0.2, 0.25) is 91.7 Å². The molecule has 2 aliphatic carbocycles. The number of nitrogens with one attached hydrogen (secondary N) is 2. The summed E-state index contributed by atoms with van der Waals surface area (Å²) in [7, 11) is -18.3. The average molecular weight is 745 g/mol. The van der Waals surface area contributed by atoms with Gasteiger partial charge in [-0.3, -0.25) is 9.96 Å². The molecular weight excluding hydrogens is 681 g/mol. The molecule has 10 nitrogen and oxygen atoms in total. The summed E-state index contributed by atoms with van der Waals surface area (Å²) in [6.07, 6.45) is 11.5. The van der Waals surface area contributed by atoms with Crippen LogP contribution in [-0.2, 0) is 32.9 Å². The summed E-state index contributed by atoms with van der Waals surface area (Å²) in [6.45, 7) is 29.5. The maximum absolute atomic E-state index is 6.55. The van der Waals surface area contributed by atoms with Crippen molar-refractivity contribution in [3.63, 3.8) is 0 Å². The van der Waals surface area contributed by atoms with E-state index in [4.69, 9.17) is 32.9 Å². The van der Waals surface area contributed by atoms with Crippen LogP contribution in [0.15, 0.2) is 0 Å². The van der Waals surface area contributed by atoms with Crippen molar-refractivity contribution in [2.24, 2.45) is 0 Å². The van der Waals surface area contributed by atoms with Gasteiger partial charge >= 0.3 is 68.8 Å². The second kappa shape index (κ2) is 14.1. The highest BCUT2D eigenvalue weighted by Crippen LogP contribution is 2.32. The third-order valence-electron chi connectivity index (χ3n) is 7.62. The molecule has 2 saturated heterocycles. The van der Waals surface area contributed by atoms with Crippen LogP contribution in [0.4, 0.5) is 0 Å². The first-order valence-electron chi connectivity index (χ1n) is 16.5. The van der Waals surface area contributed by atoms with Crippen molar-refractivity contribution in [1.29, 1.82) is 0 Å². The van der Waals surface area contributed by atoms with Crippen molar-refractivity contribution < 1.29 is 32.9 Å². The van der Waals surface area contributed by atoms with Gasteiger partial charge in [0.05, 0.1) is 0 Å². The lowest BCUT2D eigenvalue weighted by Gasteiger charge is -2.48. The predicted octanol–water partition coefficient (Wildman–Crippen LogP) is 6.94. The first-order valence-corrected chi connectivity index (χ1v) is 38.0. The van der Waals surface area contributed by atoms with E-state index in [0.717, 1.165) is 0 Å². The highest BCUT2D eigenvalue weighted by atomic mass is 28.5. The molecular formula is C25H64N2O8Si8. The van der Waals surface area contributed by atoms with Gasteiger partial charge in [0, 0.05) is 12.1 Å². The third kappa shape index (κ3) is 13.4. The van der Waals surface area contributed by atoms with Crippen LogP contribution < -0.4 is 9.96 Å². The average Bonchev–Trinajstić information content (AvgIpc) is 3.19. The predicted molar refractivity (Wildman–Crippen MR) is 192 cm³/mol. The van der Waals surface area contributed by atoms with Gasteiger partial charge in [-0.05, 0) is 117 Å². The molecule has 0 aromatic heterocycles. The number of rotatable bonds is 4. The lowest BCUT2D eigenvalue weighted by molar-refractivity contribution is 0.218. The standard InChI is InChI=1S/C13H33NO4Si4.C12H31NO4Si4/c1-19(2)15-20(3,4)17-22(7,18-21(5,6)16-19)14-13-11-9-8-10-12-13;1-18(2)14-19(3,4)16-21(7,17-20(5,6)15-18)13-12-10-8-9-11-12/h13-14H,8-12H2,1-7H3;12-13H,8-11H2,1-7H3. The molecule has 0 aromatic carbocycles. The van der Waals surface area contributed by atoms with Gasteiger partial charge in [-0.25, -0.2) is 0 Å². The Bertz CT molecular complexity index is 887. The Morgan fingerprint density at radius 2 is 0.535 bits per heavy atom. The maximum Gasteiger partial charge on any atom is 0.404 e. The summed E-state index contributed by atoms with van der Waals surface area (Å²) in [4.78, 5) is 7.48. The molecule has 0 atom stereocenters. The van der Waals surface area contributed by atoms with Crippen LogP contribution in [0.5, 0.6) is 0 Å². The molecule has 18 heteroatoms. The van der Waals surface area contributed by atoms with Gasteiger partial charge < -0.3 is 32.9 Å². The minimum atomic E-state index is -2.49.